The maximum Gasteiger partial charge on any atom is 0.317 e. The van der Waals surface area contributed by atoms with Crippen LogP contribution in [0, 0.1) is 5.92 Å². The lowest BCUT2D eigenvalue weighted by atomic mass is 9.85. The number of nitrogens with one attached hydrogen (secondary N) is 1. The average Bonchev–Trinajstić information content (AvgIpc) is 2.89. The summed E-state index contributed by atoms with van der Waals surface area (Å²) in [5.41, 5.74) is 0. The fourth-order valence-electron chi connectivity index (χ4n) is 3.63. The van der Waals surface area contributed by atoms with Gasteiger partial charge in [-0.2, -0.15) is 0 Å². The molecule has 0 aromatic heterocycles. The van der Waals surface area contributed by atoms with Gasteiger partial charge in [-0.3, -0.25) is 14.5 Å². The second kappa shape index (κ2) is 7.83. The van der Waals surface area contributed by atoms with Gasteiger partial charge in [0.2, 0.25) is 0 Å². The Labute approximate surface area is 142 Å². The van der Waals surface area contributed by atoms with Crippen LogP contribution in [0.4, 0.5) is 4.79 Å². The predicted molar refractivity (Wildman–Crippen MR) is 86.5 cm³/mol. The molecular weight excluding hydrogens is 314 g/mol. The van der Waals surface area contributed by atoms with Crippen molar-refractivity contribution < 1.29 is 24.2 Å². The van der Waals surface area contributed by atoms with Crippen molar-refractivity contribution in [2.45, 2.75) is 51.2 Å². The normalized spacial score (nSPS) is 29.2. The number of methoxy groups -OCH3 is 1. The minimum Gasteiger partial charge on any atom is -0.480 e. The molecular formula is C16H27N3O5. The summed E-state index contributed by atoms with van der Waals surface area (Å²) in [6.07, 6.45) is 2.14. The number of hydrogen-bond acceptors (Lipinski definition) is 5. The van der Waals surface area contributed by atoms with E-state index in [0.29, 0.717) is 19.5 Å². The molecule has 136 valence electrons. The molecule has 1 saturated heterocycles. The molecule has 1 aliphatic heterocycles. The van der Waals surface area contributed by atoms with E-state index < -0.39 is 5.97 Å². The Kier molecular flexibility index (Phi) is 6.04. The van der Waals surface area contributed by atoms with Crippen LogP contribution in [0.25, 0.3) is 0 Å². The van der Waals surface area contributed by atoms with Crippen LogP contribution < -0.4 is 5.32 Å². The first-order chi connectivity index (χ1) is 11.4. The third kappa shape index (κ3) is 3.98. The molecule has 1 saturated carbocycles. The number of amides is 2. The Bertz CT molecular complexity index is 492. The first-order valence-corrected chi connectivity index (χ1v) is 8.48. The number of carbonyl (C=O) groups excluding carboxylic acids is 2. The highest BCUT2D eigenvalue weighted by Gasteiger charge is 2.41. The van der Waals surface area contributed by atoms with Crippen molar-refractivity contribution in [1.82, 2.24) is 15.1 Å². The van der Waals surface area contributed by atoms with Gasteiger partial charge in [-0.15, -0.1) is 0 Å². The molecule has 8 heteroatoms. The number of esters is 1. The van der Waals surface area contributed by atoms with Crippen LogP contribution in [-0.4, -0.2) is 77.7 Å². The Morgan fingerprint density at radius 3 is 2.54 bits per heavy atom. The van der Waals surface area contributed by atoms with E-state index in [0.717, 1.165) is 12.8 Å². The van der Waals surface area contributed by atoms with Gasteiger partial charge < -0.3 is 20.1 Å². The predicted octanol–water partition coefficient (Wildman–Crippen LogP) is 0.517. The summed E-state index contributed by atoms with van der Waals surface area (Å²) in [5.74, 6) is -1.36. The van der Waals surface area contributed by atoms with Gasteiger partial charge in [0.05, 0.1) is 19.6 Å². The van der Waals surface area contributed by atoms with E-state index in [2.05, 4.69) is 5.32 Å². The van der Waals surface area contributed by atoms with E-state index in [4.69, 9.17) is 9.84 Å². The summed E-state index contributed by atoms with van der Waals surface area (Å²) >= 11 is 0. The highest BCUT2D eigenvalue weighted by Crippen LogP contribution is 2.28. The van der Waals surface area contributed by atoms with E-state index in [-0.39, 0.29) is 42.6 Å². The van der Waals surface area contributed by atoms with Crippen LogP contribution in [0.15, 0.2) is 0 Å². The monoisotopic (exact) mass is 341 g/mol. The number of aliphatic carboxylic acids is 1. The highest BCUT2D eigenvalue weighted by molar-refractivity contribution is 5.79. The molecule has 2 atom stereocenters. The first-order valence-electron chi connectivity index (χ1n) is 8.48. The molecule has 0 spiro atoms. The standard InChI is InChI=1S/C16H27N3O5/c1-4-18(9-14(20)21)12-7-11(8-12)17-16(23)19-6-5-13(10(19)2)15(22)24-3/h10-13H,4-9H2,1-3H3,(H,17,23)(H,20,21). The molecule has 2 amide bonds. The number of likely N-dealkylation sites (tertiary alicyclic amines) is 1. The maximum absolute atomic E-state index is 12.4. The van der Waals surface area contributed by atoms with Crippen molar-refractivity contribution in [2.24, 2.45) is 5.92 Å². The van der Waals surface area contributed by atoms with Crippen molar-refractivity contribution in [2.75, 3.05) is 26.7 Å². The van der Waals surface area contributed by atoms with E-state index in [1.54, 1.807) is 4.90 Å². The lowest BCUT2D eigenvalue weighted by Crippen LogP contribution is -2.57. The molecule has 2 unspecified atom stereocenters. The number of carboxylic acids is 1. The first kappa shape index (κ1) is 18.5. The molecule has 1 aliphatic carbocycles. The molecule has 1 heterocycles. The molecule has 24 heavy (non-hydrogen) atoms. The number of rotatable bonds is 6. The van der Waals surface area contributed by atoms with Gasteiger partial charge >= 0.3 is 18.0 Å². The quantitative estimate of drug-likeness (QED) is 0.683. The molecule has 0 radical (unpaired) electrons. The van der Waals surface area contributed by atoms with Crippen LogP contribution in [-0.2, 0) is 14.3 Å². The van der Waals surface area contributed by atoms with Crippen molar-refractivity contribution in [3.63, 3.8) is 0 Å². The highest BCUT2D eigenvalue weighted by atomic mass is 16.5. The topological polar surface area (TPSA) is 99.2 Å². The zero-order valence-corrected chi connectivity index (χ0v) is 14.5. The van der Waals surface area contributed by atoms with Crippen LogP contribution in [0.3, 0.4) is 0 Å². The summed E-state index contributed by atoms with van der Waals surface area (Å²) in [6, 6.07) is -0.0592. The molecule has 0 aromatic carbocycles. The van der Waals surface area contributed by atoms with Gasteiger partial charge in [-0.05, 0) is 32.7 Å². The maximum atomic E-state index is 12.4. The number of likely N-dealkylation sites (N-methyl/N-ethyl adjacent to an activating group) is 1. The third-order valence-electron chi connectivity index (χ3n) is 5.22. The van der Waals surface area contributed by atoms with E-state index >= 15 is 0 Å². The van der Waals surface area contributed by atoms with Crippen molar-refractivity contribution >= 4 is 18.0 Å². The van der Waals surface area contributed by atoms with Crippen molar-refractivity contribution in [3.8, 4) is 0 Å². The minimum absolute atomic E-state index is 0.0335. The number of urea groups is 1. The Morgan fingerprint density at radius 2 is 2.00 bits per heavy atom. The number of hydrogen-bond donors (Lipinski definition) is 2. The SMILES string of the molecule is CCN(CC(=O)O)C1CC(NC(=O)N2CCC(C(=O)OC)C2C)C1. The Morgan fingerprint density at radius 1 is 1.33 bits per heavy atom. The van der Waals surface area contributed by atoms with E-state index in [9.17, 15) is 14.4 Å². The van der Waals surface area contributed by atoms with Crippen LogP contribution >= 0.6 is 0 Å². The van der Waals surface area contributed by atoms with Crippen molar-refractivity contribution in [1.29, 1.82) is 0 Å². The lowest BCUT2D eigenvalue weighted by Gasteiger charge is -2.42. The summed E-state index contributed by atoms with van der Waals surface area (Å²) < 4.78 is 4.78. The van der Waals surface area contributed by atoms with E-state index in [1.165, 1.54) is 7.11 Å². The largest absolute Gasteiger partial charge is 0.480 e. The fraction of sp³-hybridized carbons (Fsp3) is 0.812. The second-order valence-electron chi connectivity index (χ2n) is 6.58. The third-order valence-corrected chi connectivity index (χ3v) is 5.22. The van der Waals surface area contributed by atoms with Crippen LogP contribution in [0.1, 0.15) is 33.1 Å². The van der Waals surface area contributed by atoms with Gasteiger partial charge in [-0.25, -0.2) is 4.79 Å². The summed E-state index contributed by atoms with van der Waals surface area (Å²) in [5, 5.41) is 11.9. The molecule has 2 N–H and O–H groups in total. The number of carboxylic acid groups (broad SMARTS) is 1. The summed E-state index contributed by atoms with van der Waals surface area (Å²) in [7, 11) is 1.36. The number of ether oxygens (including phenoxy) is 1. The molecule has 0 bridgehead atoms. The molecule has 0 aromatic rings. The zero-order chi connectivity index (χ0) is 17.9. The summed E-state index contributed by atoms with van der Waals surface area (Å²) in [4.78, 5) is 38.5. The van der Waals surface area contributed by atoms with Crippen LogP contribution in [0.2, 0.25) is 0 Å². The van der Waals surface area contributed by atoms with Gasteiger partial charge in [0.25, 0.3) is 0 Å². The van der Waals surface area contributed by atoms with Gasteiger partial charge in [0.15, 0.2) is 0 Å². The minimum atomic E-state index is -0.830. The molecule has 8 nitrogen and oxygen atoms in total. The smallest absolute Gasteiger partial charge is 0.317 e. The van der Waals surface area contributed by atoms with Crippen molar-refractivity contribution in [3.05, 3.63) is 0 Å². The summed E-state index contributed by atoms with van der Waals surface area (Å²) in [6.45, 7) is 5.06. The number of carbonyl (C=O) groups is 3. The Hall–Kier alpha value is -1.83. The molecule has 2 rings (SSSR count). The fourth-order valence-corrected chi connectivity index (χ4v) is 3.63. The van der Waals surface area contributed by atoms with E-state index in [1.807, 2.05) is 18.7 Å². The molecule has 2 aliphatic rings. The van der Waals surface area contributed by atoms with Gasteiger partial charge in [0.1, 0.15) is 0 Å². The molecule has 2 fully saturated rings. The van der Waals surface area contributed by atoms with Gasteiger partial charge in [0, 0.05) is 24.7 Å². The van der Waals surface area contributed by atoms with Gasteiger partial charge in [-0.1, -0.05) is 6.92 Å². The number of nitrogens with zero attached hydrogens (tertiary/aromatic N) is 2. The van der Waals surface area contributed by atoms with Crippen LogP contribution in [0.5, 0.6) is 0 Å². The Balaban J connectivity index is 1.79. The average molecular weight is 341 g/mol. The second-order valence-corrected chi connectivity index (χ2v) is 6.58. The zero-order valence-electron chi connectivity index (χ0n) is 14.5. The lowest BCUT2D eigenvalue weighted by molar-refractivity contribution is -0.146.